The van der Waals surface area contributed by atoms with Gasteiger partial charge < -0.3 is 4.74 Å². The van der Waals surface area contributed by atoms with Crippen LogP contribution in [0.1, 0.15) is 25.7 Å². The van der Waals surface area contributed by atoms with E-state index in [-0.39, 0.29) is 5.41 Å². The Balaban J connectivity index is 2.02. The van der Waals surface area contributed by atoms with Gasteiger partial charge in [0.2, 0.25) is 0 Å². The molecule has 4 heteroatoms. The van der Waals surface area contributed by atoms with E-state index in [0.29, 0.717) is 22.4 Å². The summed E-state index contributed by atoms with van der Waals surface area (Å²) in [5.41, 5.74) is -0.313. The van der Waals surface area contributed by atoms with Gasteiger partial charge >= 0.3 is 0 Å². The van der Waals surface area contributed by atoms with E-state index in [1.54, 1.807) is 18.2 Å². The predicted molar refractivity (Wildman–Crippen MR) is 68.5 cm³/mol. The molecular weight excluding hydrogens is 257 g/mol. The van der Waals surface area contributed by atoms with E-state index in [1.165, 1.54) is 0 Å². The fourth-order valence-electron chi connectivity index (χ4n) is 2.13. The summed E-state index contributed by atoms with van der Waals surface area (Å²) in [5.74, 6) is 0.668. The van der Waals surface area contributed by atoms with E-state index in [9.17, 15) is 5.26 Å². The number of benzene rings is 1. The van der Waals surface area contributed by atoms with Crippen LogP contribution < -0.4 is 4.74 Å². The van der Waals surface area contributed by atoms with Crippen molar-refractivity contribution in [2.75, 3.05) is 6.61 Å². The van der Waals surface area contributed by atoms with Gasteiger partial charge in [-0.1, -0.05) is 36.0 Å². The van der Waals surface area contributed by atoms with Gasteiger partial charge in [0, 0.05) is 6.07 Å². The van der Waals surface area contributed by atoms with Gasteiger partial charge in [-0.05, 0) is 25.0 Å². The molecule has 0 spiro atoms. The summed E-state index contributed by atoms with van der Waals surface area (Å²) in [6.07, 6.45) is 4.06. The van der Waals surface area contributed by atoms with Crippen LogP contribution in [0.3, 0.4) is 0 Å². The third-order valence-electron chi connectivity index (χ3n) is 3.20. The Morgan fingerprint density at radius 1 is 1.24 bits per heavy atom. The topological polar surface area (TPSA) is 33.0 Å². The Labute approximate surface area is 111 Å². The predicted octanol–water partition coefficient (Wildman–Crippen LogP) is 4.46. The summed E-state index contributed by atoms with van der Waals surface area (Å²) < 4.78 is 5.65. The Hall–Kier alpha value is -0.910. The second kappa shape index (κ2) is 5.16. The molecule has 0 radical (unpaired) electrons. The average Bonchev–Trinajstić information content (AvgIpc) is 2.80. The lowest BCUT2D eigenvalue weighted by Crippen LogP contribution is -2.23. The molecule has 0 aromatic heterocycles. The lowest BCUT2D eigenvalue weighted by atomic mass is 9.89. The van der Waals surface area contributed by atoms with Crippen LogP contribution in [-0.4, -0.2) is 6.61 Å². The second-order valence-electron chi connectivity index (χ2n) is 4.46. The van der Waals surface area contributed by atoms with Crippen molar-refractivity contribution in [3.8, 4) is 11.8 Å². The number of hydrogen-bond donors (Lipinski definition) is 0. The van der Waals surface area contributed by atoms with Gasteiger partial charge in [0.15, 0.2) is 0 Å². The van der Waals surface area contributed by atoms with Crippen molar-refractivity contribution in [1.29, 1.82) is 5.26 Å². The maximum atomic E-state index is 9.22. The van der Waals surface area contributed by atoms with Gasteiger partial charge in [0.1, 0.15) is 12.4 Å². The van der Waals surface area contributed by atoms with Crippen LogP contribution in [0.25, 0.3) is 0 Å². The molecule has 0 unspecified atom stereocenters. The van der Waals surface area contributed by atoms with Crippen molar-refractivity contribution < 1.29 is 4.74 Å². The molecule has 2 nitrogen and oxygen atoms in total. The zero-order valence-electron chi connectivity index (χ0n) is 9.38. The third-order valence-corrected chi connectivity index (χ3v) is 3.94. The molecule has 0 amide bonds. The van der Waals surface area contributed by atoms with Gasteiger partial charge in [0.25, 0.3) is 0 Å². The van der Waals surface area contributed by atoms with Crippen LogP contribution in [-0.2, 0) is 0 Å². The molecule has 0 bridgehead atoms. The summed E-state index contributed by atoms with van der Waals surface area (Å²) in [4.78, 5) is 0. The number of rotatable bonds is 3. The minimum Gasteiger partial charge on any atom is -0.492 e. The molecule has 1 saturated carbocycles. The maximum absolute atomic E-state index is 9.22. The first-order valence-corrected chi connectivity index (χ1v) is 6.40. The minimum atomic E-state index is -0.313. The Morgan fingerprint density at radius 2 is 1.94 bits per heavy atom. The molecule has 1 aromatic carbocycles. The summed E-state index contributed by atoms with van der Waals surface area (Å²) >= 11 is 11.7. The van der Waals surface area contributed by atoms with Crippen molar-refractivity contribution in [3.05, 3.63) is 28.2 Å². The number of halogens is 2. The number of hydrogen-bond acceptors (Lipinski definition) is 2. The molecular formula is C13H13Cl2NO. The number of nitriles is 1. The van der Waals surface area contributed by atoms with Crippen LogP contribution in [0, 0.1) is 16.7 Å². The van der Waals surface area contributed by atoms with Gasteiger partial charge in [-0.3, -0.25) is 0 Å². The quantitative estimate of drug-likeness (QED) is 0.812. The lowest BCUT2D eigenvalue weighted by Gasteiger charge is -2.20. The molecule has 0 N–H and O–H groups in total. The van der Waals surface area contributed by atoms with Gasteiger partial charge in [-0.25, -0.2) is 0 Å². The van der Waals surface area contributed by atoms with E-state index in [2.05, 4.69) is 6.07 Å². The summed E-state index contributed by atoms with van der Waals surface area (Å²) in [5, 5.41) is 10.2. The van der Waals surface area contributed by atoms with Crippen molar-refractivity contribution in [2.24, 2.45) is 5.41 Å². The lowest BCUT2D eigenvalue weighted by molar-refractivity contribution is 0.201. The van der Waals surface area contributed by atoms with Crippen LogP contribution in [0.4, 0.5) is 0 Å². The maximum Gasteiger partial charge on any atom is 0.120 e. The normalized spacial score (nSPS) is 17.7. The van der Waals surface area contributed by atoms with Crippen LogP contribution in [0.2, 0.25) is 10.0 Å². The highest BCUT2D eigenvalue weighted by molar-refractivity contribution is 6.42. The Morgan fingerprint density at radius 3 is 2.53 bits per heavy atom. The molecule has 0 saturated heterocycles. The highest BCUT2D eigenvalue weighted by Gasteiger charge is 2.34. The van der Waals surface area contributed by atoms with E-state index in [4.69, 9.17) is 27.9 Å². The SMILES string of the molecule is N#CC1(COc2ccc(Cl)c(Cl)c2)CCCC1. The van der Waals surface area contributed by atoms with Gasteiger partial charge in [-0.2, -0.15) is 5.26 Å². The van der Waals surface area contributed by atoms with E-state index < -0.39 is 0 Å². The molecule has 1 aromatic rings. The summed E-state index contributed by atoms with van der Waals surface area (Å²) in [7, 11) is 0. The zero-order chi connectivity index (χ0) is 12.3. The third kappa shape index (κ3) is 2.86. The van der Waals surface area contributed by atoms with Crippen molar-refractivity contribution in [3.63, 3.8) is 0 Å². The van der Waals surface area contributed by atoms with Crippen molar-refractivity contribution in [2.45, 2.75) is 25.7 Å². The Kier molecular flexibility index (Phi) is 3.81. The number of ether oxygens (including phenoxy) is 1. The van der Waals surface area contributed by atoms with Gasteiger partial charge in [0.05, 0.1) is 21.5 Å². The largest absolute Gasteiger partial charge is 0.492 e. The molecule has 90 valence electrons. The summed E-state index contributed by atoms with van der Waals surface area (Å²) in [6.45, 7) is 0.432. The van der Waals surface area contributed by atoms with E-state index in [0.717, 1.165) is 25.7 Å². The standard InChI is InChI=1S/C13H13Cl2NO/c14-11-4-3-10(7-12(11)15)17-9-13(8-16)5-1-2-6-13/h3-4,7H,1-2,5-6,9H2. The molecule has 17 heavy (non-hydrogen) atoms. The second-order valence-corrected chi connectivity index (χ2v) is 5.28. The molecule has 1 aliphatic rings. The van der Waals surface area contributed by atoms with E-state index >= 15 is 0 Å². The van der Waals surface area contributed by atoms with E-state index in [1.807, 2.05) is 0 Å². The molecule has 0 heterocycles. The Bertz CT molecular complexity index is 447. The first kappa shape index (κ1) is 12.5. The molecule has 1 aliphatic carbocycles. The van der Waals surface area contributed by atoms with Gasteiger partial charge in [-0.15, -0.1) is 0 Å². The van der Waals surface area contributed by atoms with Crippen LogP contribution >= 0.6 is 23.2 Å². The first-order valence-electron chi connectivity index (χ1n) is 5.64. The smallest absolute Gasteiger partial charge is 0.120 e. The van der Waals surface area contributed by atoms with Crippen molar-refractivity contribution in [1.82, 2.24) is 0 Å². The summed E-state index contributed by atoms with van der Waals surface area (Å²) in [6, 6.07) is 7.55. The fourth-order valence-corrected chi connectivity index (χ4v) is 2.42. The minimum absolute atomic E-state index is 0.313. The number of nitrogens with zero attached hydrogens (tertiary/aromatic N) is 1. The highest BCUT2D eigenvalue weighted by Crippen LogP contribution is 2.38. The molecule has 0 atom stereocenters. The molecule has 0 aliphatic heterocycles. The van der Waals surface area contributed by atoms with Crippen LogP contribution in [0.5, 0.6) is 5.75 Å². The van der Waals surface area contributed by atoms with Crippen molar-refractivity contribution >= 4 is 23.2 Å². The molecule has 2 rings (SSSR count). The van der Waals surface area contributed by atoms with Crippen LogP contribution in [0.15, 0.2) is 18.2 Å². The molecule has 1 fully saturated rings. The fraction of sp³-hybridized carbons (Fsp3) is 0.462. The monoisotopic (exact) mass is 269 g/mol. The average molecular weight is 270 g/mol. The first-order chi connectivity index (χ1) is 8.15. The zero-order valence-corrected chi connectivity index (χ0v) is 10.9. The highest BCUT2D eigenvalue weighted by atomic mass is 35.5.